The summed E-state index contributed by atoms with van der Waals surface area (Å²) in [5, 5.41) is 19.9. The van der Waals surface area contributed by atoms with Crippen LogP contribution in [-0.4, -0.2) is 41.0 Å². The van der Waals surface area contributed by atoms with Gasteiger partial charge in [-0.25, -0.2) is 4.98 Å². The smallest absolute Gasteiger partial charge is 0.185 e. The van der Waals surface area contributed by atoms with Crippen LogP contribution in [0.5, 0.6) is 0 Å². The number of aliphatic hydroxyl groups excluding tert-OH is 2. The van der Waals surface area contributed by atoms with Gasteiger partial charge in [0.2, 0.25) is 0 Å². The summed E-state index contributed by atoms with van der Waals surface area (Å²) in [6.45, 7) is 5.59. The lowest BCUT2D eigenvalue weighted by atomic mass is 9.95. The van der Waals surface area contributed by atoms with E-state index < -0.39 is 6.10 Å². The standard InChI is InChI=1S/C11H18N2O2S/c1-7-8(2)16-11(12-7)13-4-3-9(6-14)10(15)5-13/h9-10,14-15H,3-6H2,1-2H3/t9-,10-/m1/s1. The molecule has 5 heteroatoms. The molecule has 2 atom stereocenters. The molecule has 0 unspecified atom stereocenters. The first-order valence-corrected chi connectivity index (χ1v) is 6.41. The van der Waals surface area contributed by atoms with Crippen LogP contribution < -0.4 is 4.90 Å². The highest BCUT2D eigenvalue weighted by molar-refractivity contribution is 7.15. The van der Waals surface area contributed by atoms with Gasteiger partial charge in [0.15, 0.2) is 5.13 Å². The van der Waals surface area contributed by atoms with E-state index in [4.69, 9.17) is 5.11 Å². The Kier molecular flexibility index (Phi) is 3.47. The topological polar surface area (TPSA) is 56.6 Å². The second-order valence-electron chi connectivity index (χ2n) is 4.38. The molecule has 0 saturated carbocycles. The van der Waals surface area contributed by atoms with Gasteiger partial charge in [0.05, 0.1) is 11.8 Å². The molecule has 2 heterocycles. The van der Waals surface area contributed by atoms with Crippen LogP contribution in [0.1, 0.15) is 17.0 Å². The van der Waals surface area contributed by atoms with Gasteiger partial charge in [-0.3, -0.25) is 0 Å². The summed E-state index contributed by atoms with van der Waals surface area (Å²) < 4.78 is 0. The number of anilines is 1. The minimum Gasteiger partial charge on any atom is -0.396 e. The third kappa shape index (κ3) is 2.21. The lowest BCUT2D eigenvalue weighted by Crippen LogP contribution is -2.45. The summed E-state index contributed by atoms with van der Waals surface area (Å²) in [4.78, 5) is 7.83. The van der Waals surface area contributed by atoms with Crippen molar-refractivity contribution >= 4 is 16.5 Å². The number of rotatable bonds is 2. The number of β-amino-alcohol motifs (C(OH)–C–C–N with tert-alkyl or cyclic N) is 1. The van der Waals surface area contributed by atoms with E-state index in [1.54, 1.807) is 11.3 Å². The Bertz CT molecular complexity index is 347. The Morgan fingerprint density at radius 3 is 2.75 bits per heavy atom. The van der Waals surface area contributed by atoms with Crippen molar-refractivity contribution in [3.63, 3.8) is 0 Å². The highest BCUT2D eigenvalue weighted by atomic mass is 32.1. The number of thiazole rings is 1. The molecule has 0 spiro atoms. The van der Waals surface area contributed by atoms with Gasteiger partial charge in [-0.05, 0) is 20.3 Å². The highest BCUT2D eigenvalue weighted by Gasteiger charge is 2.28. The van der Waals surface area contributed by atoms with Gasteiger partial charge in [0.25, 0.3) is 0 Å². The molecule has 16 heavy (non-hydrogen) atoms. The molecule has 0 aliphatic carbocycles. The summed E-state index contributed by atoms with van der Waals surface area (Å²) >= 11 is 1.67. The van der Waals surface area contributed by atoms with Crippen molar-refractivity contribution in [2.45, 2.75) is 26.4 Å². The lowest BCUT2D eigenvalue weighted by molar-refractivity contribution is 0.0548. The van der Waals surface area contributed by atoms with Gasteiger partial charge >= 0.3 is 0 Å². The fourth-order valence-electron chi connectivity index (χ4n) is 1.96. The summed E-state index contributed by atoms with van der Waals surface area (Å²) in [5.74, 6) is 0.0263. The average molecular weight is 242 g/mol. The molecule has 1 aromatic heterocycles. The first-order valence-electron chi connectivity index (χ1n) is 5.59. The van der Waals surface area contributed by atoms with Gasteiger partial charge < -0.3 is 15.1 Å². The third-order valence-electron chi connectivity index (χ3n) is 3.24. The lowest BCUT2D eigenvalue weighted by Gasteiger charge is -2.34. The largest absolute Gasteiger partial charge is 0.396 e. The minimum absolute atomic E-state index is 0.0263. The highest BCUT2D eigenvalue weighted by Crippen LogP contribution is 2.28. The molecule has 1 aliphatic heterocycles. The maximum atomic E-state index is 9.85. The summed E-state index contributed by atoms with van der Waals surface area (Å²) in [7, 11) is 0. The summed E-state index contributed by atoms with van der Waals surface area (Å²) in [6, 6.07) is 0. The van der Waals surface area contributed by atoms with E-state index in [9.17, 15) is 5.11 Å². The van der Waals surface area contributed by atoms with Gasteiger partial charge in [-0.15, -0.1) is 11.3 Å². The van der Waals surface area contributed by atoms with E-state index in [1.165, 1.54) is 4.88 Å². The van der Waals surface area contributed by atoms with Crippen molar-refractivity contribution in [2.24, 2.45) is 5.92 Å². The van der Waals surface area contributed by atoms with Crippen molar-refractivity contribution in [2.75, 3.05) is 24.6 Å². The number of aliphatic hydroxyl groups is 2. The molecule has 0 amide bonds. The number of aryl methyl sites for hydroxylation is 2. The van der Waals surface area contributed by atoms with Crippen molar-refractivity contribution in [1.29, 1.82) is 0 Å². The number of hydrogen-bond donors (Lipinski definition) is 2. The van der Waals surface area contributed by atoms with Crippen LogP contribution in [0.25, 0.3) is 0 Å². The van der Waals surface area contributed by atoms with Crippen LogP contribution in [0.2, 0.25) is 0 Å². The first kappa shape index (κ1) is 11.8. The molecule has 2 N–H and O–H groups in total. The number of piperidine rings is 1. The Hall–Kier alpha value is -0.650. The molecule has 0 radical (unpaired) electrons. The quantitative estimate of drug-likeness (QED) is 0.810. The number of hydrogen-bond acceptors (Lipinski definition) is 5. The minimum atomic E-state index is -0.441. The predicted octanol–water partition coefficient (Wildman–Crippen LogP) is 0.939. The first-order chi connectivity index (χ1) is 7.61. The predicted molar refractivity (Wildman–Crippen MR) is 65.0 cm³/mol. The Morgan fingerprint density at radius 1 is 1.50 bits per heavy atom. The second-order valence-corrected chi connectivity index (χ2v) is 5.56. The average Bonchev–Trinajstić information content (AvgIpc) is 2.59. The number of nitrogens with zero attached hydrogens (tertiary/aromatic N) is 2. The van der Waals surface area contributed by atoms with Crippen LogP contribution >= 0.6 is 11.3 Å². The van der Waals surface area contributed by atoms with Crippen LogP contribution in [0.3, 0.4) is 0 Å². The molecule has 2 rings (SSSR count). The van der Waals surface area contributed by atoms with Gasteiger partial charge in [-0.2, -0.15) is 0 Å². The zero-order valence-corrected chi connectivity index (χ0v) is 10.5. The van der Waals surface area contributed by atoms with Crippen LogP contribution in [0, 0.1) is 19.8 Å². The molecular formula is C11H18N2O2S. The Morgan fingerprint density at radius 2 is 2.25 bits per heavy atom. The van der Waals surface area contributed by atoms with Gasteiger partial charge in [0.1, 0.15) is 0 Å². The SMILES string of the molecule is Cc1nc(N2CC[C@H](CO)[C@H](O)C2)sc1C. The second kappa shape index (κ2) is 4.69. The van der Waals surface area contributed by atoms with Gasteiger partial charge in [0, 0.05) is 30.5 Å². The van der Waals surface area contributed by atoms with Crippen LogP contribution in [0.4, 0.5) is 5.13 Å². The maximum absolute atomic E-state index is 9.85. The molecule has 1 aromatic rings. The van der Waals surface area contributed by atoms with E-state index in [0.717, 1.165) is 23.8 Å². The molecule has 0 bridgehead atoms. The van der Waals surface area contributed by atoms with E-state index in [0.29, 0.717) is 6.54 Å². The molecule has 0 aromatic carbocycles. The Balaban J connectivity index is 2.07. The van der Waals surface area contributed by atoms with Gasteiger partial charge in [-0.1, -0.05) is 0 Å². The summed E-state index contributed by atoms with van der Waals surface area (Å²) in [5.41, 5.74) is 1.07. The molecule has 1 saturated heterocycles. The molecule has 1 aliphatic rings. The third-order valence-corrected chi connectivity index (χ3v) is 4.38. The van der Waals surface area contributed by atoms with E-state index in [-0.39, 0.29) is 12.5 Å². The normalized spacial score (nSPS) is 26.1. The maximum Gasteiger partial charge on any atom is 0.185 e. The monoisotopic (exact) mass is 242 g/mol. The molecular weight excluding hydrogens is 224 g/mol. The van der Waals surface area contributed by atoms with E-state index >= 15 is 0 Å². The van der Waals surface area contributed by atoms with Crippen molar-refractivity contribution < 1.29 is 10.2 Å². The number of aromatic nitrogens is 1. The van der Waals surface area contributed by atoms with Crippen molar-refractivity contribution in [3.8, 4) is 0 Å². The zero-order valence-electron chi connectivity index (χ0n) is 9.68. The van der Waals surface area contributed by atoms with Crippen molar-refractivity contribution in [3.05, 3.63) is 10.6 Å². The fourth-order valence-corrected chi connectivity index (χ4v) is 2.90. The van der Waals surface area contributed by atoms with E-state index in [2.05, 4.69) is 16.8 Å². The van der Waals surface area contributed by atoms with E-state index in [1.807, 2.05) is 6.92 Å². The molecule has 90 valence electrons. The molecule has 1 fully saturated rings. The summed E-state index contributed by atoms with van der Waals surface area (Å²) in [6.07, 6.45) is 0.387. The van der Waals surface area contributed by atoms with Crippen LogP contribution in [-0.2, 0) is 0 Å². The fraction of sp³-hybridized carbons (Fsp3) is 0.727. The Labute approximate surface area is 99.6 Å². The zero-order chi connectivity index (χ0) is 11.7. The molecule has 4 nitrogen and oxygen atoms in total. The van der Waals surface area contributed by atoms with Crippen molar-refractivity contribution in [1.82, 2.24) is 4.98 Å². The van der Waals surface area contributed by atoms with Crippen LogP contribution in [0.15, 0.2) is 0 Å².